The molecule has 0 saturated heterocycles. The van der Waals surface area contributed by atoms with E-state index >= 15 is 0 Å². The summed E-state index contributed by atoms with van der Waals surface area (Å²) < 4.78 is 4.90. The van der Waals surface area contributed by atoms with Crippen LogP contribution in [0, 0.1) is 0 Å². The molecule has 17 heavy (non-hydrogen) atoms. The van der Waals surface area contributed by atoms with Crippen molar-refractivity contribution in [2.45, 2.75) is 0 Å². The van der Waals surface area contributed by atoms with Gasteiger partial charge >= 0.3 is 8.56 Å². The van der Waals surface area contributed by atoms with Gasteiger partial charge in [0.2, 0.25) is 0 Å². The van der Waals surface area contributed by atoms with Crippen LogP contribution < -0.4 is 10.4 Å². The van der Waals surface area contributed by atoms with Crippen molar-refractivity contribution in [3.8, 4) is 0 Å². The molecular formula is C12H11BO2SiV. The summed E-state index contributed by atoms with van der Waals surface area (Å²) >= 11 is 0. The third kappa shape index (κ3) is 2.92. The molecule has 5 heteroatoms. The molecule has 83 valence electrons. The topological polar surface area (TPSA) is 29.5 Å². The molecule has 3 radical (unpaired) electrons. The van der Waals surface area contributed by atoms with Crippen molar-refractivity contribution in [1.82, 2.24) is 0 Å². The molecule has 0 aromatic heterocycles. The number of hydrogen-bond donors (Lipinski definition) is 1. The Bertz CT molecular complexity index is 413. The summed E-state index contributed by atoms with van der Waals surface area (Å²) in [7, 11) is 2.08. The van der Waals surface area contributed by atoms with E-state index in [4.69, 9.17) is 12.4 Å². The molecule has 2 rings (SSSR count). The van der Waals surface area contributed by atoms with Gasteiger partial charge in [0, 0.05) is 18.6 Å². The van der Waals surface area contributed by atoms with E-state index in [1.807, 2.05) is 60.7 Å². The van der Waals surface area contributed by atoms with Crippen molar-refractivity contribution < 1.29 is 27.7 Å². The van der Waals surface area contributed by atoms with Crippen molar-refractivity contribution in [1.29, 1.82) is 0 Å². The second-order valence-corrected chi connectivity index (χ2v) is 6.17. The summed E-state index contributed by atoms with van der Waals surface area (Å²) in [6.07, 6.45) is 0. The van der Waals surface area contributed by atoms with Gasteiger partial charge in [0.05, 0.1) is 0 Å². The molecule has 2 nitrogen and oxygen atoms in total. The predicted octanol–water partition coefficient (Wildman–Crippen LogP) is 0.333. The second kappa shape index (κ2) is 6.24. The first kappa shape index (κ1) is 14.3. The molecule has 1 N–H and O–H groups in total. The van der Waals surface area contributed by atoms with Crippen molar-refractivity contribution in [2.75, 3.05) is 0 Å². The molecule has 0 heterocycles. The Morgan fingerprint density at radius 1 is 0.824 bits per heavy atom. The van der Waals surface area contributed by atoms with Crippen LogP contribution in [0.25, 0.3) is 0 Å². The summed E-state index contributed by atoms with van der Waals surface area (Å²) in [6, 6.07) is 18.5. The number of benzene rings is 2. The minimum atomic E-state index is -3.20. The van der Waals surface area contributed by atoms with E-state index in [2.05, 4.69) is 0 Å². The van der Waals surface area contributed by atoms with Crippen LogP contribution in [-0.2, 0) is 22.9 Å². The maximum Gasteiger partial charge on any atom is 0.388 e. The Labute approximate surface area is 115 Å². The molecule has 0 saturated carbocycles. The zero-order valence-electron chi connectivity index (χ0n) is 9.15. The van der Waals surface area contributed by atoms with Crippen LogP contribution in [0.1, 0.15) is 0 Å². The van der Waals surface area contributed by atoms with Gasteiger partial charge in [-0.15, -0.1) is 0 Å². The third-order valence-electron chi connectivity index (χ3n) is 2.50. The normalized spacial score (nSPS) is 10.6. The monoisotopic (exact) mass is 277 g/mol. The van der Waals surface area contributed by atoms with Crippen LogP contribution in [0.3, 0.4) is 0 Å². The molecule has 0 aliphatic rings. The Kier molecular flexibility index (Phi) is 5.24. The van der Waals surface area contributed by atoms with Crippen LogP contribution in [0.2, 0.25) is 0 Å². The molecule has 0 aliphatic heterocycles. The quantitative estimate of drug-likeness (QED) is 0.819. The van der Waals surface area contributed by atoms with Gasteiger partial charge in [-0.2, -0.15) is 0 Å². The van der Waals surface area contributed by atoms with Crippen molar-refractivity contribution in [3.63, 3.8) is 0 Å². The maximum absolute atomic E-state index is 10.6. The summed E-state index contributed by atoms with van der Waals surface area (Å²) in [5.41, 5.74) is 0. The first-order valence-electron chi connectivity index (χ1n) is 4.98. The molecule has 0 unspecified atom stereocenters. The molecule has 0 amide bonds. The summed E-state index contributed by atoms with van der Waals surface area (Å²) in [5.74, 6) is 0. The first-order chi connectivity index (χ1) is 7.77. The fourth-order valence-electron chi connectivity index (χ4n) is 1.63. The number of rotatable bonds is 3. The van der Waals surface area contributed by atoms with Crippen LogP contribution in [0.15, 0.2) is 60.7 Å². The standard InChI is InChI=1S/C12H11BO2Si.V/c13-15-16(14,11-7-3-1-4-8-11)12-9-5-2-6-10-12;/h1-10,14H;. The Morgan fingerprint density at radius 2 is 1.18 bits per heavy atom. The minimum absolute atomic E-state index is 0. The van der Waals surface area contributed by atoms with Crippen molar-refractivity contribution >= 4 is 27.0 Å². The minimum Gasteiger partial charge on any atom is -0.459 e. The third-order valence-corrected chi connectivity index (χ3v) is 5.07. The van der Waals surface area contributed by atoms with Gasteiger partial charge in [0.25, 0.3) is 8.05 Å². The average molecular weight is 277 g/mol. The van der Waals surface area contributed by atoms with E-state index in [9.17, 15) is 4.80 Å². The predicted molar refractivity (Wildman–Crippen MR) is 67.0 cm³/mol. The smallest absolute Gasteiger partial charge is 0.388 e. The molecule has 2 aromatic carbocycles. The van der Waals surface area contributed by atoms with Gasteiger partial charge in [0.15, 0.2) is 0 Å². The molecule has 0 aliphatic carbocycles. The van der Waals surface area contributed by atoms with Gasteiger partial charge in [-0.25, -0.2) is 0 Å². The van der Waals surface area contributed by atoms with E-state index in [1.54, 1.807) is 0 Å². The average Bonchev–Trinajstić information content (AvgIpc) is 2.40. The zero-order valence-corrected chi connectivity index (χ0v) is 11.6. The van der Waals surface area contributed by atoms with Gasteiger partial charge in [0.1, 0.15) is 0 Å². The first-order valence-corrected chi connectivity index (χ1v) is 6.84. The van der Waals surface area contributed by atoms with Crippen molar-refractivity contribution in [3.05, 3.63) is 60.7 Å². The van der Waals surface area contributed by atoms with E-state index < -0.39 is 8.56 Å². The Hall–Kier alpha value is -0.774. The fraction of sp³-hybridized carbons (Fsp3) is 0. The zero-order chi connectivity index (χ0) is 11.4. The molecule has 0 bridgehead atoms. The second-order valence-electron chi connectivity index (χ2n) is 3.49. The Morgan fingerprint density at radius 3 is 1.47 bits per heavy atom. The molecule has 0 fully saturated rings. The van der Waals surface area contributed by atoms with Gasteiger partial charge < -0.3 is 9.14 Å². The maximum atomic E-state index is 10.6. The van der Waals surface area contributed by atoms with E-state index in [0.29, 0.717) is 0 Å². The van der Waals surface area contributed by atoms with Gasteiger partial charge in [-0.1, -0.05) is 60.7 Å². The van der Waals surface area contributed by atoms with Crippen LogP contribution in [0.5, 0.6) is 0 Å². The summed E-state index contributed by atoms with van der Waals surface area (Å²) in [6.45, 7) is 0. The van der Waals surface area contributed by atoms with Gasteiger partial charge in [-0.3, -0.25) is 0 Å². The fourth-order valence-corrected chi connectivity index (χ4v) is 3.52. The number of hydrogen-bond acceptors (Lipinski definition) is 2. The molecule has 0 atom stereocenters. The molecular weight excluding hydrogens is 266 g/mol. The van der Waals surface area contributed by atoms with E-state index in [1.165, 1.54) is 0 Å². The SMILES string of the molecule is [B]O[Si](O)(c1ccccc1)c1ccccc1.[V]. The molecule has 2 aromatic rings. The van der Waals surface area contributed by atoms with E-state index in [0.717, 1.165) is 10.4 Å². The summed E-state index contributed by atoms with van der Waals surface area (Å²) in [4.78, 5) is 10.6. The van der Waals surface area contributed by atoms with Crippen LogP contribution in [0.4, 0.5) is 0 Å². The van der Waals surface area contributed by atoms with Crippen LogP contribution in [-0.4, -0.2) is 21.4 Å². The van der Waals surface area contributed by atoms with E-state index in [-0.39, 0.29) is 18.6 Å². The van der Waals surface area contributed by atoms with Crippen LogP contribution >= 0.6 is 0 Å². The van der Waals surface area contributed by atoms with Crippen molar-refractivity contribution in [2.24, 2.45) is 0 Å². The molecule has 0 spiro atoms. The Balaban J connectivity index is 0.00000144. The largest absolute Gasteiger partial charge is 0.459 e. The summed E-state index contributed by atoms with van der Waals surface area (Å²) in [5, 5.41) is 1.48. The van der Waals surface area contributed by atoms with Gasteiger partial charge in [-0.05, 0) is 10.4 Å².